The number of carbonyl (C=O) groups is 1. The van der Waals surface area contributed by atoms with Crippen molar-refractivity contribution in [1.82, 2.24) is 10.3 Å². The summed E-state index contributed by atoms with van der Waals surface area (Å²) >= 11 is 3.30. The zero-order chi connectivity index (χ0) is 11.4. The molecule has 1 atom stereocenters. The smallest absolute Gasteiger partial charge is 0.239 e. The molecule has 1 aromatic rings. The largest absolute Gasteiger partial charge is 0.368 e. The lowest BCUT2D eigenvalue weighted by Crippen LogP contribution is -2.37. The second-order valence-electron chi connectivity index (χ2n) is 3.59. The maximum Gasteiger partial charge on any atom is 0.239 e. The molecule has 3 N–H and O–H groups in total. The third-order valence-corrected chi connectivity index (χ3v) is 2.28. The number of hydrogen-bond donors (Lipinski definition) is 2. The van der Waals surface area contributed by atoms with E-state index in [-0.39, 0.29) is 6.04 Å². The number of pyridine rings is 1. The van der Waals surface area contributed by atoms with Crippen LogP contribution in [-0.2, 0) is 4.79 Å². The van der Waals surface area contributed by atoms with Crippen molar-refractivity contribution in [3.05, 3.63) is 28.5 Å². The van der Waals surface area contributed by atoms with Crippen molar-refractivity contribution in [2.24, 2.45) is 5.73 Å². The van der Waals surface area contributed by atoms with Gasteiger partial charge in [0.25, 0.3) is 0 Å². The van der Waals surface area contributed by atoms with Gasteiger partial charge in [0.15, 0.2) is 0 Å². The van der Waals surface area contributed by atoms with Crippen LogP contribution in [0.3, 0.4) is 0 Å². The molecule has 1 unspecified atom stereocenters. The van der Waals surface area contributed by atoms with E-state index in [4.69, 9.17) is 5.73 Å². The van der Waals surface area contributed by atoms with Crippen molar-refractivity contribution in [2.45, 2.75) is 25.9 Å². The topological polar surface area (TPSA) is 68.0 Å². The maximum absolute atomic E-state index is 11.3. The lowest BCUT2D eigenvalue weighted by molar-refractivity contribution is -0.120. The molecule has 5 heteroatoms. The third-order valence-electron chi connectivity index (χ3n) is 1.84. The highest BCUT2D eigenvalue weighted by atomic mass is 79.9. The Morgan fingerprint density at radius 2 is 2.20 bits per heavy atom. The number of hydrogen-bond acceptors (Lipinski definition) is 3. The molecule has 0 aliphatic carbocycles. The third kappa shape index (κ3) is 3.60. The SMILES string of the molecule is CC(C)NC(C(N)=O)c1cncc(Br)c1. The molecule has 4 nitrogen and oxygen atoms in total. The number of nitrogens with two attached hydrogens (primary N) is 1. The van der Waals surface area contributed by atoms with E-state index in [0.717, 1.165) is 10.0 Å². The van der Waals surface area contributed by atoms with E-state index < -0.39 is 11.9 Å². The number of nitrogens with zero attached hydrogens (tertiary/aromatic N) is 1. The number of carbonyl (C=O) groups excluding carboxylic acids is 1. The zero-order valence-corrected chi connectivity index (χ0v) is 10.3. The molecule has 1 heterocycles. The number of nitrogens with one attached hydrogen (secondary N) is 1. The molecule has 1 amide bonds. The number of amides is 1. The van der Waals surface area contributed by atoms with Gasteiger partial charge in [-0.3, -0.25) is 15.1 Å². The molecule has 1 rings (SSSR count). The lowest BCUT2D eigenvalue weighted by atomic mass is 10.1. The first-order chi connectivity index (χ1) is 7.00. The van der Waals surface area contributed by atoms with Crippen molar-refractivity contribution in [3.8, 4) is 0 Å². The summed E-state index contributed by atoms with van der Waals surface area (Å²) in [6, 6.07) is 1.52. The van der Waals surface area contributed by atoms with E-state index in [1.54, 1.807) is 12.4 Å². The van der Waals surface area contributed by atoms with Gasteiger partial charge in [0.1, 0.15) is 6.04 Å². The van der Waals surface area contributed by atoms with Crippen molar-refractivity contribution in [1.29, 1.82) is 0 Å². The summed E-state index contributed by atoms with van der Waals surface area (Å²) < 4.78 is 0.830. The van der Waals surface area contributed by atoms with Gasteiger partial charge < -0.3 is 5.73 Å². The minimum absolute atomic E-state index is 0.182. The maximum atomic E-state index is 11.3. The molecule has 15 heavy (non-hydrogen) atoms. The van der Waals surface area contributed by atoms with Gasteiger partial charge >= 0.3 is 0 Å². The van der Waals surface area contributed by atoms with E-state index in [9.17, 15) is 4.79 Å². The minimum atomic E-state index is -0.491. The summed E-state index contributed by atoms with van der Waals surface area (Å²) in [5.41, 5.74) is 6.09. The number of primary amides is 1. The fourth-order valence-corrected chi connectivity index (χ4v) is 1.64. The molecule has 0 spiro atoms. The van der Waals surface area contributed by atoms with Crippen molar-refractivity contribution < 1.29 is 4.79 Å². The molecule has 1 aromatic heterocycles. The number of rotatable bonds is 4. The van der Waals surface area contributed by atoms with Gasteiger partial charge in [-0.2, -0.15) is 0 Å². The van der Waals surface area contributed by atoms with Gasteiger partial charge in [-0.25, -0.2) is 0 Å². The van der Waals surface area contributed by atoms with Gasteiger partial charge in [0, 0.05) is 22.9 Å². The minimum Gasteiger partial charge on any atom is -0.368 e. The van der Waals surface area contributed by atoms with Crippen molar-refractivity contribution in [3.63, 3.8) is 0 Å². The van der Waals surface area contributed by atoms with Crippen LogP contribution in [0.25, 0.3) is 0 Å². The Kier molecular flexibility index (Phi) is 4.23. The van der Waals surface area contributed by atoms with Gasteiger partial charge in [0.2, 0.25) is 5.91 Å². The Balaban J connectivity index is 2.94. The fraction of sp³-hybridized carbons (Fsp3) is 0.400. The van der Waals surface area contributed by atoms with Crippen LogP contribution in [0.5, 0.6) is 0 Å². The summed E-state index contributed by atoms with van der Waals surface area (Å²) in [7, 11) is 0. The Morgan fingerprint density at radius 1 is 1.53 bits per heavy atom. The van der Waals surface area contributed by atoms with E-state index in [1.807, 2.05) is 19.9 Å². The second-order valence-corrected chi connectivity index (χ2v) is 4.51. The van der Waals surface area contributed by atoms with Crippen LogP contribution in [0.2, 0.25) is 0 Å². The monoisotopic (exact) mass is 271 g/mol. The molecule has 0 aliphatic rings. The van der Waals surface area contributed by atoms with E-state index in [2.05, 4.69) is 26.2 Å². The van der Waals surface area contributed by atoms with Gasteiger partial charge in [-0.05, 0) is 41.4 Å². The summed E-state index contributed by atoms with van der Waals surface area (Å²) in [6.45, 7) is 3.92. The van der Waals surface area contributed by atoms with Crippen LogP contribution < -0.4 is 11.1 Å². The number of aromatic nitrogens is 1. The van der Waals surface area contributed by atoms with E-state index in [1.165, 1.54) is 0 Å². The Labute approximate surface area is 97.4 Å². The molecule has 0 saturated heterocycles. The highest BCUT2D eigenvalue weighted by molar-refractivity contribution is 9.10. The predicted octanol–water partition coefficient (Wildman–Crippen LogP) is 1.37. The normalized spacial score (nSPS) is 12.8. The Morgan fingerprint density at radius 3 is 2.67 bits per heavy atom. The average Bonchev–Trinajstić information content (AvgIpc) is 2.13. The quantitative estimate of drug-likeness (QED) is 0.869. The van der Waals surface area contributed by atoms with Crippen molar-refractivity contribution in [2.75, 3.05) is 0 Å². The van der Waals surface area contributed by atoms with Gasteiger partial charge in [-0.1, -0.05) is 0 Å². The molecule has 0 aliphatic heterocycles. The molecule has 0 aromatic carbocycles. The van der Waals surface area contributed by atoms with Crippen LogP contribution in [-0.4, -0.2) is 16.9 Å². The number of halogens is 1. The molecule has 0 bridgehead atoms. The predicted molar refractivity (Wildman–Crippen MR) is 62.1 cm³/mol. The summed E-state index contributed by atoms with van der Waals surface area (Å²) in [5.74, 6) is -0.399. The van der Waals surface area contributed by atoms with Crippen LogP contribution in [0.15, 0.2) is 22.9 Å². The molecule has 0 fully saturated rings. The fourth-order valence-electron chi connectivity index (χ4n) is 1.26. The second kappa shape index (κ2) is 5.23. The highest BCUT2D eigenvalue weighted by Gasteiger charge is 2.18. The molecule has 0 saturated carbocycles. The first kappa shape index (κ1) is 12.1. The standard InChI is InChI=1S/C10H14BrN3O/c1-6(2)14-9(10(12)15)7-3-8(11)5-13-4-7/h3-6,9,14H,1-2H3,(H2,12,15). The van der Waals surface area contributed by atoms with Crippen LogP contribution in [0.4, 0.5) is 0 Å². The molecule has 0 radical (unpaired) electrons. The van der Waals surface area contributed by atoms with Crippen LogP contribution in [0, 0.1) is 0 Å². The average molecular weight is 272 g/mol. The Hall–Kier alpha value is -0.940. The zero-order valence-electron chi connectivity index (χ0n) is 8.70. The molecular formula is C10H14BrN3O. The molecule has 82 valence electrons. The van der Waals surface area contributed by atoms with Crippen LogP contribution in [0.1, 0.15) is 25.5 Å². The van der Waals surface area contributed by atoms with E-state index >= 15 is 0 Å². The summed E-state index contributed by atoms with van der Waals surface area (Å²) in [6.07, 6.45) is 3.30. The van der Waals surface area contributed by atoms with Crippen LogP contribution >= 0.6 is 15.9 Å². The molecular weight excluding hydrogens is 258 g/mol. The lowest BCUT2D eigenvalue weighted by Gasteiger charge is -2.18. The van der Waals surface area contributed by atoms with E-state index in [0.29, 0.717) is 0 Å². The first-order valence-corrected chi connectivity index (χ1v) is 5.46. The van der Waals surface area contributed by atoms with Gasteiger partial charge in [0.05, 0.1) is 0 Å². The van der Waals surface area contributed by atoms with Crippen molar-refractivity contribution >= 4 is 21.8 Å². The summed E-state index contributed by atoms with van der Waals surface area (Å²) in [5, 5.41) is 3.09. The first-order valence-electron chi connectivity index (χ1n) is 4.66. The Bertz CT molecular complexity index is 354. The summed E-state index contributed by atoms with van der Waals surface area (Å²) in [4.78, 5) is 15.3. The highest BCUT2D eigenvalue weighted by Crippen LogP contribution is 2.16. The van der Waals surface area contributed by atoms with Gasteiger partial charge in [-0.15, -0.1) is 0 Å².